The molecule has 0 aliphatic heterocycles. The third-order valence-corrected chi connectivity index (χ3v) is 7.59. The second-order valence-electron chi connectivity index (χ2n) is 9.72. The first-order valence-corrected chi connectivity index (χ1v) is 12.3. The number of nitrogens with zero attached hydrogens (tertiary/aromatic N) is 1. The summed E-state index contributed by atoms with van der Waals surface area (Å²) in [5.41, 5.74) is 2.52. The highest BCUT2D eigenvalue weighted by Crippen LogP contribution is 2.45. The van der Waals surface area contributed by atoms with Gasteiger partial charge in [0.2, 0.25) is 0 Å². The number of methoxy groups -OCH3 is 2. The highest BCUT2D eigenvalue weighted by Gasteiger charge is 2.34. The van der Waals surface area contributed by atoms with Gasteiger partial charge in [-0.2, -0.15) is 0 Å². The molecular weight excluding hydrogens is 448 g/mol. The number of aliphatic imine (C=N–C) groups is 1. The molecule has 2 heterocycles. The van der Waals surface area contributed by atoms with Gasteiger partial charge in [0.25, 0.3) is 5.91 Å². The van der Waals surface area contributed by atoms with E-state index in [1.54, 1.807) is 50.0 Å². The molecule has 1 aromatic carbocycles. The Morgan fingerprint density at radius 1 is 1.21 bits per heavy atom. The number of furan rings is 1. The summed E-state index contributed by atoms with van der Waals surface area (Å²) in [7, 11) is 3.18. The molecule has 1 atom stereocenters. The van der Waals surface area contributed by atoms with Crippen molar-refractivity contribution in [3.63, 3.8) is 0 Å². The molecule has 1 amide bonds. The first kappa shape index (κ1) is 24.1. The van der Waals surface area contributed by atoms with E-state index in [0.717, 1.165) is 30.6 Å². The second-order valence-corrected chi connectivity index (χ2v) is 10.8. The molecule has 0 saturated heterocycles. The van der Waals surface area contributed by atoms with E-state index in [0.29, 0.717) is 39.4 Å². The molecule has 2 aromatic heterocycles. The fourth-order valence-electron chi connectivity index (χ4n) is 4.38. The van der Waals surface area contributed by atoms with E-state index in [2.05, 4.69) is 26.1 Å². The van der Waals surface area contributed by atoms with Crippen LogP contribution >= 0.6 is 11.3 Å². The molecule has 1 unspecified atom stereocenters. The van der Waals surface area contributed by atoms with Crippen molar-refractivity contribution in [3.8, 4) is 11.5 Å². The number of carbonyl (C=O) groups excluding carboxylic acids is 1. The maximum Gasteiger partial charge on any atom is 0.259 e. The van der Waals surface area contributed by atoms with Crippen LogP contribution in [0, 0.1) is 18.3 Å². The van der Waals surface area contributed by atoms with Crippen LogP contribution in [0.15, 0.2) is 39.7 Å². The van der Waals surface area contributed by atoms with Gasteiger partial charge >= 0.3 is 0 Å². The third-order valence-electron chi connectivity index (χ3n) is 6.42. The number of benzene rings is 1. The van der Waals surface area contributed by atoms with E-state index in [1.165, 1.54) is 4.88 Å². The second kappa shape index (κ2) is 9.66. The van der Waals surface area contributed by atoms with Crippen molar-refractivity contribution in [1.82, 2.24) is 0 Å². The van der Waals surface area contributed by atoms with E-state index < -0.39 is 0 Å². The summed E-state index contributed by atoms with van der Waals surface area (Å²) in [6, 6.07) is 9.12. The van der Waals surface area contributed by atoms with E-state index in [-0.39, 0.29) is 11.3 Å². The van der Waals surface area contributed by atoms with Crippen LogP contribution in [0.25, 0.3) is 0 Å². The third kappa shape index (κ3) is 5.04. The van der Waals surface area contributed by atoms with Crippen molar-refractivity contribution in [2.45, 2.75) is 47.0 Å². The van der Waals surface area contributed by atoms with Crippen molar-refractivity contribution in [2.75, 3.05) is 19.5 Å². The molecule has 1 aliphatic rings. The zero-order chi connectivity index (χ0) is 24.5. The molecule has 6 nitrogen and oxygen atoms in total. The Hall–Kier alpha value is -3.06. The largest absolute Gasteiger partial charge is 0.497 e. The van der Waals surface area contributed by atoms with Crippen LogP contribution in [0.1, 0.15) is 59.5 Å². The first-order valence-electron chi connectivity index (χ1n) is 11.5. The minimum absolute atomic E-state index is 0.193. The van der Waals surface area contributed by atoms with Crippen LogP contribution in [0.5, 0.6) is 11.5 Å². The number of thiophene rings is 1. The number of hydrogen-bond acceptors (Lipinski definition) is 6. The molecule has 4 rings (SSSR count). The molecule has 1 N–H and O–H groups in total. The number of amides is 1. The smallest absolute Gasteiger partial charge is 0.259 e. The van der Waals surface area contributed by atoms with E-state index in [9.17, 15) is 4.79 Å². The van der Waals surface area contributed by atoms with Crippen LogP contribution in [0.3, 0.4) is 0 Å². The van der Waals surface area contributed by atoms with Crippen LogP contribution < -0.4 is 14.8 Å². The number of hydrogen-bond donors (Lipinski definition) is 1. The van der Waals surface area contributed by atoms with Crippen LogP contribution in [0.2, 0.25) is 0 Å². The molecule has 180 valence electrons. The molecular formula is C27H32N2O4S. The van der Waals surface area contributed by atoms with Crippen LogP contribution in [0.4, 0.5) is 10.7 Å². The van der Waals surface area contributed by atoms with Gasteiger partial charge in [0.1, 0.15) is 28.0 Å². The van der Waals surface area contributed by atoms with Crippen molar-refractivity contribution in [1.29, 1.82) is 0 Å². The molecule has 3 aromatic rings. The summed E-state index contributed by atoms with van der Waals surface area (Å²) in [6.07, 6.45) is 4.56. The number of rotatable bonds is 6. The average Bonchev–Trinajstić information content (AvgIpc) is 3.39. The lowest BCUT2D eigenvalue weighted by Crippen LogP contribution is -2.27. The van der Waals surface area contributed by atoms with E-state index in [4.69, 9.17) is 18.9 Å². The lowest BCUT2D eigenvalue weighted by Gasteiger charge is -2.33. The normalized spacial score (nSPS) is 15.9. The summed E-state index contributed by atoms with van der Waals surface area (Å²) < 4.78 is 16.4. The lowest BCUT2D eigenvalue weighted by atomic mass is 9.72. The Morgan fingerprint density at radius 3 is 2.65 bits per heavy atom. The standard InChI is InChI=1S/C27H32N2O4S/c1-16-7-9-19(33-16)15-28-26-24(20-11-8-17(27(2,3)4)13-23(20)34-26)25(30)29-21-14-18(31-5)10-12-22(21)32-6/h7,9-10,12,14-15,17H,8,11,13H2,1-6H3,(H,29,30)/b28-15+. The number of aryl methyl sites for hydroxylation is 1. The molecule has 0 bridgehead atoms. The van der Waals surface area contributed by atoms with Gasteiger partial charge in [0.05, 0.1) is 31.7 Å². The molecule has 0 spiro atoms. The van der Waals surface area contributed by atoms with Gasteiger partial charge in [0.15, 0.2) is 0 Å². The fourth-order valence-corrected chi connectivity index (χ4v) is 5.65. The first-order chi connectivity index (χ1) is 16.2. The minimum Gasteiger partial charge on any atom is -0.497 e. The predicted molar refractivity (Wildman–Crippen MR) is 137 cm³/mol. The molecule has 0 saturated carbocycles. The van der Waals surface area contributed by atoms with Crippen LogP contribution in [-0.2, 0) is 12.8 Å². The van der Waals surface area contributed by atoms with Crippen molar-refractivity contribution in [3.05, 3.63) is 57.9 Å². The minimum atomic E-state index is -0.193. The van der Waals surface area contributed by atoms with Gasteiger partial charge in [-0.1, -0.05) is 20.8 Å². The monoisotopic (exact) mass is 480 g/mol. The Morgan fingerprint density at radius 2 is 2.00 bits per heavy atom. The maximum absolute atomic E-state index is 13.6. The Bertz CT molecular complexity index is 1220. The molecule has 7 heteroatoms. The Labute approximate surface area is 205 Å². The Kier molecular flexibility index (Phi) is 6.84. The average molecular weight is 481 g/mol. The van der Waals surface area contributed by atoms with Gasteiger partial charge < -0.3 is 19.2 Å². The number of nitrogens with one attached hydrogen (secondary N) is 1. The summed E-state index contributed by atoms with van der Waals surface area (Å²) in [5, 5.41) is 3.74. The topological polar surface area (TPSA) is 73.1 Å². The zero-order valence-corrected chi connectivity index (χ0v) is 21.5. The van der Waals surface area contributed by atoms with E-state index in [1.807, 2.05) is 19.1 Å². The quantitative estimate of drug-likeness (QED) is 0.393. The summed E-state index contributed by atoms with van der Waals surface area (Å²) in [6.45, 7) is 8.76. The summed E-state index contributed by atoms with van der Waals surface area (Å²) >= 11 is 1.61. The summed E-state index contributed by atoms with van der Waals surface area (Å²) in [5.74, 6) is 3.07. The predicted octanol–water partition coefficient (Wildman–Crippen LogP) is 6.82. The highest BCUT2D eigenvalue weighted by molar-refractivity contribution is 7.16. The molecule has 0 fully saturated rings. The maximum atomic E-state index is 13.6. The summed E-state index contributed by atoms with van der Waals surface area (Å²) in [4.78, 5) is 19.6. The Balaban J connectivity index is 1.72. The van der Waals surface area contributed by atoms with Crippen LogP contribution in [-0.4, -0.2) is 26.3 Å². The fraction of sp³-hybridized carbons (Fsp3) is 0.407. The van der Waals surface area contributed by atoms with Gasteiger partial charge in [-0.3, -0.25) is 4.79 Å². The van der Waals surface area contributed by atoms with Crippen molar-refractivity contribution < 1.29 is 18.7 Å². The SMILES string of the molecule is COc1ccc(OC)c(NC(=O)c2c(/N=C/c3ccc(C)o3)sc3c2CCC(C(C)(C)C)C3)c1. The zero-order valence-electron chi connectivity index (χ0n) is 20.7. The van der Waals surface area contributed by atoms with Gasteiger partial charge in [-0.05, 0) is 67.3 Å². The van der Waals surface area contributed by atoms with Gasteiger partial charge in [-0.15, -0.1) is 11.3 Å². The molecule has 34 heavy (non-hydrogen) atoms. The lowest BCUT2D eigenvalue weighted by molar-refractivity contribution is 0.102. The van der Waals surface area contributed by atoms with Gasteiger partial charge in [-0.25, -0.2) is 4.99 Å². The molecule has 1 aliphatic carbocycles. The number of fused-ring (bicyclic) bond motifs is 1. The van der Waals surface area contributed by atoms with Gasteiger partial charge in [0, 0.05) is 10.9 Å². The molecule has 0 radical (unpaired) electrons. The number of ether oxygens (including phenoxy) is 2. The number of anilines is 1. The van der Waals surface area contributed by atoms with Crippen molar-refractivity contribution >= 4 is 34.1 Å². The number of carbonyl (C=O) groups is 1. The highest BCUT2D eigenvalue weighted by atomic mass is 32.1. The van der Waals surface area contributed by atoms with Crippen molar-refractivity contribution in [2.24, 2.45) is 16.3 Å². The van der Waals surface area contributed by atoms with E-state index >= 15 is 0 Å².